The van der Waals surface area contributed by atoms with Crippen LogP contribution in [0.1, 0.15) is 24.4 Å². The zero-order chi connectivity index (χ0) is 13.1. The molecule has 96 valence electrons. The van der Waals surface area contributed by atoms with Gasteiger partial charge in [-0.15, -0.1) is 0 Å². The number of fused-ring (bicyclic) bond motifs is 1. The molecule has 0 saturated carbocycles. The minimum atomic E-state index is 0.0751. The van der Waals surface area contributed by atoms with Crippen molar-refractivity contribution in [3.05, 3.63) is 60.4 Å². The summed E-state index contributed by atoms with van der Waals surface area (Å²) in [6.07, 6.45) is 7.36. The highest BCUT2D eigenvalue weighted by Gasteiger charge is 2.17. The Morgan fingerprint density at radius 1 is 1.26 bits per heavy atom. The number of hydrogen-bond acceptors (Lipinski definition) is 3. The molecule has 2 heterocycles. The highest BCUT2D eigenvalue weighted by molar-refractivity contribution is 5.85. The van der Waals surface area contributed by atoms with E-state index in [1.54, 1.807) is 6.20 Å². The van der Waals surface area contributed by atoms with Crippen LogP contribution < -0.4 is 5.32 Å². The summed E-state index contributed by atoms with van der Waals surface area (Å²) in [4.78, 5) is 11.8. The fourth-order valence-corrected chi connectivity index (χ4v) is 2.39. The van der Waals surface area contributed by atoms with Gasteiger partial charge in [-0.05, 0) is 23.6 Å². The lowest BCUT2D eigenvalue weighted by Crippen LogP contribution is -2.23. The molecule has 1 aromatic carbocycles. The minimum absolute atomic E-state index is 0.0751. The van der Waals surface area contributed by atoms with Crippen LogP contribution >= 0.6 is 0 Å². The van der Waals surface area contributed by atoms with E-state index in [2.05, 4.69) is 51.5 Å². The van der Waals surface area contributed by atoms with E-state index in [-0.39, 0.29) is 6.04 Å². The van der Waals surface area contributed by atoms with Crippen molar-refractivity contribution < 1.29 is 0 Å². The Morgan fingerprint density at radius 2 is 2.21 bits per heavy atom. The van der Waals surface area contributed by atoms with Gasteiger partial charge in [-0.3, -0.25) is 4.98 Å². The van der Waals surface area contributed by atoms with Crippen LogP contribution in [0.15, 0.2) is 49.1 Å². The topological polar surface area (TPSA) is 53.6 Å². The normalized spacial score (nSPS) is 12.7. The summed E-state index contributed by atoms with van der Waals surface area (Å²) < 4.78 is 0. The largest absolute Gasteiger partial charge is 0.347 e. The lowest BCUT2D eigenvalue weighted by atomic mass is 9.99. The van der Waals surface area contributed by atoms with Gasteiger partial charge < -0.3 is 10.3 Å². The van der Waals surface area contributed by atoms with E-state index in [1.807, 2.05) is 18.6 Å². The molecule has 2 N–H and O–H groups in total. The summed E-state index contributed by atoms with van der Waals surface area (Å²) in [6.45, 7) is 2.98. The van der Waals surface area contributed by atoms with Gasteiger partial charge in [0.05, 0.1) is 6.04 Å². The Morgan fingerprint density at radius 3 is 3.00 bits per heavy atom. The van der Waals surface area contributed by atoms with E-state index >= 15 is 0 Å². The second kappa shape index (κ2) is 5.20. The number of H-pyrrole nitrogens is 1. The van der Waals surface area contributed by atoms with Crippen molar-refractivity contribution >= 4 is 10.8 Å². The van der Waals surface area contributed by atoms with Gasteiger partial charge in [0.2, 0.25) is 0 Å². The molecule has 1 atom stereocenters. The first-order valence-corrected chi connectivity index (χ1v) is 6.45. The molecular weight excluding hydrogens is 236 g/mol. The number of nitrogens with one attached hydrogen (secondary N) is 2. The quantitative estimate of drug-likeness (QED) is 0.750. The Bertz CT molecular complexity index is 655. The number of aromatic nitrogens is 3. The maximum atomic E-state index is 4.38. The zero-order valence-corrected chi connectivity index (χ0v) is 10.8. The highest BCUT2D eigenvalue weighted by atomic mass is 15.0. The third kappa shape index (κ3) is 2.22. The van der Waals surface area contributed by atoms with Gasteiger partial charge in [0, 0.05) is 30.2 Å². The molecule has 19 heavy (non-hydrogen) atoms. The molecule has 4 nitrogen and oxygen atoms in total. The summed E-state index contributed by atoms with van der Waals surface area (Å²) in [6, 6.07) is 8.41. The highest BCUT2D eigenvalue weighted by Crippen LogP contribution is 2.26. The second-order valence-electron chi connectivity index (χ2n) is 4.41. The van der Waals surface area contributed by atoms with Crippen molar-refractivity contribution in [3.8, 4) is 0 Å². The first-order valence-electron chi connectivity index (χ1n) is 6.45. The summed E-state index contributed by atoms with van der Waals surface area (Å²) >= 11 is 0. The number of nitrogens with zero attached hydrogens (tertiary/aromatic N) is 2. The molecule has 3 rings (SSSR count). The lowest BCUT2D eigenvalue weighted by molar-refractivity contribution is 0.607. The van der Waals surface area contributed by atoms with Crippen LogP contribution in [0.3, 0.4) is 0 Å². The van der Waals surface area contributed by atoms with E-state index in [0.717, 1.165) is 17.8 Å². The van der Waals surface area contributed by atoms with Gasteiger partial charge in [0.15, 0.2) is 0 Å². The molecule has 0 aliphatic rings. The fourth-order valence-electron chi connectivity index (χ4n) is 2.39. The first-order chi connectivity index (χ1) is 9.40. The average Bonchev–Trinajstić information content (AvgIpc) is 2.98. The number of aromatic amines is 1. The van der Waals surface area contributed by atoms with Crippen molar-refractivity contribution in [1.29, 1.82) is 0 Å². The molecule has 0 bridgehead atoms. The van der Waals surface area contributed by atoms with Crippen LogP contribution in [0.5, 0.6) is 0 Å². The molecule has 2 aromatic heterocycles. The van der Waals surface area contributed by atoms with E-state index in [1.165, 1.54) is 10.9 Å². The Hall–Kier alpha value is -2.20. The number of benzene rings is 1. The van der Waals surface area contributed by atoms with Gasteiger partial charge in [-0.1, -0.05) is 25.1 Å². The van der Waals surface area contributed by atoms with Crippen molar-refractivity contribution in [1.82, 2.24) is 20.3 Å². The molecule has 3 aromatic rings. The van der Waals surface area contributed by atoms with Gasteiger partial charge in [-0.2, -0.15) is 0 Å². The second-order valence-corrected chi connectivity index (χ2v) is 4.41. The van der Waals surface area contributed by atoms with Crippen LogP contribution in [0.25, 0.3) is 10.8 Å². The number of hydrogen-bond donors (Lipinski definition) is 2. The molecule has 4 heteroatoms. The SMILES string of the molecule is CCNC(c1ncc[nH]1)c1cccc2cnccc12. The van der Waals surface area contributed by atoms with Gasteiger partial charge >= 0.3 is 0 Å². The van der Waals surface area contributed by atoms with Gasteiger partial charge in [0.25, 0.3) is 0 Å². The Kier molecular flexibility index (Phi) is 3.25. The van der Waals surface area contributed by atoms with Crippen molar-refractivity contribution in [3.63, 3.8) is 0 Å². The molecule has 0 spiro atoms. The molecule has 1 unspecified atom stereocenters. The Balaban J connectivity index is 2.15. The van der Waals surface area contributed by atoms with Gasteiger partial charge in [-0.25, -0.2) is 4.98 Å². The maximum Gasteiger partial charge on any atom is 0.127 e. The van der Waals surface area contributed by atoms with E-state index in [0.29, 0.717) is 0 Å². The molecule has 0 aliphatic carbocycles. The summed E-state index contributed by atoms with van der Waals surface area (Å²) in [7, 11) is 0. The van der Waals surface area contributed by atoms with E-state index in [4.69, 9.17) is 0 Å². The van der Waals surface area contributed by atoms with Gasteiger partial charge in [0.1, 0.15) is 5.82 Å². The average molecular weight is 252 g/mol. The molecule has 0 radical (unpaired) electrons. The smallest absolute Gasteiger partial charge is 0.127 e. The third-order valence-corrected chi connectivity index (χ3v) is 3.23. The monoisotopic (exact) mass is 252 g/mol. The third-order valence-electron chi connectivity index (χ3n) is 3.23. The summed E-state index contributed by atoms with van der Waals surface area (Å²) in [5.41, 5.74) is 1.22. The standard InChI is InChI=1S/C15H16N4/c1-2-17-14(15-18-8-9-19-15)13-5-3-4-11-10-16-7-6-12(11)13/h3-10,14,17H,2H2,1H3,(H,18,19). The first kappa shape index (κ1) is 11.9. The predicted molar refractivity (Wildman–Crippen MR) is 75.9 cm³/mol. The maximum absolute atomic E-state index is 4.38. The van der Waals surface area contributed by atoms with Crippen LogP contribution in [-0.4, -0.2) is 21.5 Å². The summed E-state index contributed by atoms with van der Waals surface area (Å²) in [5, 5.41) is 5.84. The van der Waals surface area contributed by atoms with Crippen molar-refractivity contribution in [2.45, 2.75) is 13.0 Å². The molecule has 0 fully saturated rings. The van der Waals surface area contributed by atoms with Crippen molar-refractivity contribution in [2.24, 2.45) is 0 Å². The van der Waals surface area contributed by atoms with E-state index < -0.39 is 0 Å². The molecule has 0 saturated heterocycles. The number of rotatable bonds is 4. The molecule has 0 aliphatic heterocycles. The fraction of sp³-hybridized carbons (Fsp3) is 0.200. The van der Waals surface area contributed by atoms with Crippen LogP contribution in [-0.2, 0) is 0 Å². The Labute approximate surface area is 111 Å². The predicted octanol–water partition coefficient (Wildman–Crippen LogP) is 2.66. The van der Waals surface area contributed by atoms with Crippen molar-refractivity contribution in [2.75, 3.05) is 6.54 Å². The molecular formula is C15H16N4. The molecule has 0 amide bonds. The van der Waals surface area contributed by atoms with E-state index in [9.17, 15) is 0 Å². The summed E-state index contributed by atoms with van der Waals surface area (Å²) in [5.74, 6) is 0.936. The zero-order valence-electron chi connectivity index (χ0n) is 10.8. The van der Waals surface area contributed by atoms with Crippen LogP contribution in [0.4, 0.5) is 0 Å². The lowest BCUT2D eigenvalue weighted by Gasteiger charge is -2.18. The number of pyridine rings is 1. The van der Waals surface area contributed by atoms with Crippen LogP contribution in [0.2, 0.25) is 0 Å². The number of imidazole rings is 1. The minimum Gasteiger partial charge on any atom is -0.347 e. The van der Waals surface area contributed by atoms with Crippen LogP contribution in [0, 0.1) is 0 Å².